The van der Waals surface area contributed by atoms with E-state index in [-0.39, 0.29) is 10.9 Å². The van der Waals surface area contributed by atoms with Gasteiger partial charge in [-0.3, -0.25) is 0 Å². The summed E-state index contributed by atoms with van der Waals surface area (Å²) >= 11 is 0. The van der Waals surface area contributed by atoms with Gasteiger partial charge in [0.05, 0.1) is 0 Å². The van der Waals surface area contributed by atoms with Crippen LogP contribution >= 0.6 is 10.9 Å². The minimum Gasteiger partial charge on any atom is -0.320 e. The fourth-order valence-corrected chi connectivity index (χ4v) is 2.71. The standard InChI is InChI=1S/C8H15NS/c1-2-5-8(9)10-6-3-4-7-10/h3-4,6-8,10H,2,5,9H2,1H3. The molecule has 0 spiro atoms. The van der Waals surface area contributed by atoms with Crippen molar-refractivity contribution in [3.63, 3.8) is 0 Å². The van der Waals surface area contributed by atoms with Crippen LogP contribution in [0.5, 0.6) is 0 Å². The molecule has 0 saturated carbocycles. The highest BCUT2D eigenvalue weighted by Gasteiger charge is 2.07. The number of hydrogen-bond donors (Lipinski definition) is 2. The van der Waals surface area contributed by atoms with Crippen LogP contribution in [0, 0.1) is 0 Å². The monoisotopic (exact) mass is 157 g/mol. The van der Waals surface area contributed by atoms with Crippen molar-refractivity contribution in [2.24, 2.45) is 5.73 Å². The predicted octanol–water partition coefficient (Wildman–Crippen LogP) is 2.11. The Bertz CT molecular complexity index is 139. The maximum atomic E-state index is 5.92. The molecule has 0 bridgehead atoms. The summed E-state index contributed by atoms with van der Waals surface area (Å²) in [5.74, 6) is 0. The SMILES string of the molecule is CCCC(N)[SH]1C=CC=C1. The maximum Gasteiger partial charge on any atom is 0.0392 e. The Kier molecular flexibility index (Phi) is 3.03. The van der Waals surface area contributed by atoms with E-state index in [1.165, 1.54) is 6.42 Å². The third-order valence-electron chi connectivity index (χ3n) is 1.59. The fraction of sp³-hybridized carbons (Fsp3) is 0.500. The maximum absolute atomic E-state index is 5.92. The first-order valence-corrected chi connectivity index (χ1v) is 5.27. The topological polar surface area (TPSA) is 26.0 Å². The molecule has 0 saturated heterocycles. The molecule has 0 radical (unpaired) electrons. The number of thiol groups is 1. The van der Waals surface area contributed by atoms with Crippen LogP contribution in [0.25, 0.3) is 0 Å². The molecular formula is C8H15NS. The van der Waals surface area contributed by atoms with Crippen molar-refractivity contribution in [2.45, 2.75) is 25.1 Å². The highest BCUT2D eigenvalue weighted by atomic mass is 32.2. The van der Waals surface area contributed by atoms with Crippen molar-refractivity contribution in [1.82, 2.24) is 0 Å². The Morgan fingerprint density at radius 2 is 2.00 bits per heavy atom. The van der Waals surface area contributed by atoms with E-state index < -0.39 is 0 Å². The lowest BCUT2D eigenvalue weighted by atomic mass is 10.3. The molecule has 10 heavy (non-hydrogen) atoms. The van der Waals surface area contributed by atoms with Crippen LogP contribution in [0.2, 0.25) is 0 Å². The third-order valence-corrected chi connectivity index (χ3v) is 3.65. The lowest BCUT2D eigenvalue weighted by Crippen LogP contribution is -2.17. The molecule has 1 unspecified atom stereocenters. The normalized spacial score (nSPS) is 22.0. The zero-order chi connectivity index (χ0) is 7.40. The van der Waals surface area contributed by atoms with Gasteiger partial charge >= 0.3 is 0 Å². The summed E-state index contributed by atoms with van der Waals surface area (Å²) < 4.78 is 0. The number of allylic oxidation sites excluding steroid dienone is 2. The van der Waals surface area contributed by atoms with E-state index in [0.29, 0.717) is 5.37 Å². The second kappa shape index (κ2) is 3.84. The molecule has 58 valence electrons. The number of hydrogen-bond acceptors (Lipinski definition) is 1. The van der Waals surface area contributed by atoms with Gasteiger partial charge in [0.25, 0.3) is 0 Å². The van der Waals surface area contributed by atoms with Crippen molar-refractivity contribution >= 4 is 10.9 Å². The van der Waals surface area contributed by atoms with E-state index in [1.807, 2.05) is 0 Å². The van der Waals surface area contributed by atoms with Gasteiger partial charge in [-0.1, -0.05) is 25.5 Å². The first kappa shape index (κ1) is 7.89. The lowest BCUT2D eigenvalue weighted by Gasteiger charge is -2.18. The molecule has 2 N–H and O–H groups in total. The summed E-state index contributed by atoms with van der Waals surface area (Å²) in [6.07, 6.45) is 6.55. The average molecular weight is 157 g/mol. The zero-order valence-electron chi connectivity index (χ0n) is 6.33. The van der Waals surface area contributed by atoms with Gasteiger partial charge in [0.2, 0.25) is 0 Å². The van der Waals surface area contributed by atoms with Crippen LogP contribution in [0.3, 0.4) is 0 Å². The van der Waals surface area contributed by atoms with Crippen LogP contribution in [0.4, 0.5) is 0 Å². The van der Waals surface area contributed by atoms with Crippen molar-refractivity contribution in [3.8, 4) is 0 Å². The highest BCUT2D eigenvalue weighted by molar-refractivity contribution is 8.22. The molecule has 1 nitrogen and oxygen atoms in total. The molecule has 1 rings (SSSR count). The first-order chi connectivity index (χ1) is 4.84. The Labute approximate surface area is 65.3 Å². The van der Waals surface area contributed by atoms with Crippen molar-refractivity contribution in [1.29, 1.82) is 0 Å². The van der Waals surface area contributed by atoms with Gasteiger partial charge < -0.3 is 5.73 Å². The van der Waals surface area contributed by atoms with E-state index in [9.17, 15) is 0 Å². The molecular weight excluding hydrogens is 142 g/mol. The minimum atomic E-state index is -0.0956. The van der Waals surface area contributed by atoms with Crippen LogP contribution < -0.4 is 5.73 Å². The Balaban J connectivity index is 2.33. The molecule has 1 aliphatic heterocycles. The lowest BCUT2D eigenvalue weighted by molar-refractivity contribution is 0.764. The van der Waals surface area contributed by atoms with E-state index in [0.717, 1.165) is 6.42 Å². The van der Waals surface area contributed by atoms with Gasteiger partial charge in [-0.05, 0) is 17.2 Å². The van der Waals surface area contributed by atoms with Crippen molar-refractivity contribution in [3.05, 3.63) is 23.0 Å². The molecule has 0 aromatic rings. The summed E-state index contributed by atoms with van der Waals surface area (Å²) in [7, 11) is -0.0956. The molecule has 0 aliphatic carbocycles. The molecule has 2 heteroatoms. The number of nitrogens with two attached hydrogens (primary N) is 1. The Hall–Kier alpha value is -0.210. The molecule has 1 aliphatic rings. The van der Waals surface area contributed by atoms with Gasteiger partial charge in [0.15, 0.2) is 0 Å². The fourth-order valence-electron chi connectivity index (χ4n) is 1.01. The predicted molar refractivity (Wildman–Crippen MR) is 50.1 cm³/mol. The molecule has 0 aromatic heterocycles. The van der Waals surface area contributed by atoms with E-state index in [2.05, 4.69) is 29.9 Å². The molecule has 1 atom stereocenters. The summed E-state index contributed by atoms with van der Waals surface area (Å²) in [5.41, 5.74) is 5.92. The van der Waals surface area contributed by atoms with Gasteiger partial charge in [-0.15, -0.1) is 0 Å². The summed E-state index contributed by atoms with van der Waals surface area (Å²) in [5, 5.41) is 4.86. The number of rotatable bonds is 3. The quantitative estimate of drug-likeness (QED) is 0.603. The first-order valence-electron chi connectivity index (χ1n) is 3.72. The average Bonchev–Trinajstić information content (AvgIpc) is 2.38. The van der Waals surface area contributed by atoms with Gasteiger partial charge in [-0.25, -0.2) is 0 Å². The highest BCUT2D eigenvalue weighted by Crippen LogP contribution is 2.37. The minimum absolute atomic E-state index is 0.0956. The Morgan fingerprint density at radius 1 is 1.40 bits per heavy atom. The zero-order valence-corrected chi connectivity index (χ0v) is 7.22. The smallest absolute Gasteiger partial charge is 0.0392 e. The molecule has 0 fully saturated rings. The summed E-state index contributed by atoms with van der Waals surface area (Å²) in [6, 6.07) is 0. The molecule has 1 heterocycles. The second-order valence-electron chi connectivity index (χ2n) is 2.49. The summed E-state index contributed by atoms with van der Waals surface area (Å²) in [4.78, 5) is 0. The largest absolute Gasteiger partial charge is 0.320 e. The van der Waals surface area contributed by atoms with Gasteiger partial charge in [-0.2, -0.15) is 10.9 Å². The van der Waals surface area contributed by atoms with E-state index in [1.54, 1.807) is 0 Å². The van der Waals surface area contributed by atoms with E-state index >= 15 is 0 Å². The van der Waals surface area contributed by atoms with Crippen LogP contribution in [-0.2, 0) is 0 Å². The molecule has 0 aromatic carbocycles. The molecule has 0 amide bonds. The summed E-state index contributed by atoms with van der Waals surface area (Å²) in [6.45, 7) is 2.18. The third kappa shape index (κ3) is 1.89. The van der Waals surface area contributed by atoms with E-state index in [4.69, 9.17) is 5.73 Å². The van der Waals surface area contributed by atoms with Gasteiger partial charge in [0.1, 0.15) is 0 Å². The Morgan fingerprint density at radius 3 is 2.50 bits per heavy atom. The van der Waals surface area contributed by atoms with Crippen molar-refractivity contribution in [2.75, 3.05) is 0 Å². The van der Waals surface area contributed by atoms with Crippen molar-refractivity contribution < 1.29 is 0 Å². The van der Waals surface area contributed by atoms with Crippen LogP contribution in [0.1, 0.15) is 19.8 Å². The van der Waals surface area contributed by atoms with Crippen LogP contribution in [0.15, 0.2) is 23.0 Å². The van der Waals surface area contributed by atoms with Gasteiger partial charge in [0, 0.05) is 5.37 Å². The second-order valence-corrected chi connectivity index (χ2v) is 4.64. The van der Waals surface area contributed by atoms with Crippen LogP contribution in [-0.4, -0.2) is 5.37 Å².